The maximum absolute atomic E-state index is 12.3. The van der Waals surface area contributed by atoms with E-state index in [2.05, 4.69) is 4.90 Å². The number of ether oxygens (including phenoxy) is 2. The van der Waals surface area contributed by atoms with Crippen molar-refractivity contribution in [3.8, 4) is 0 Å². The van der Waals surface area contributed by atoms with E-state index in [0.717, 1.165) is 24.3 Å². The highest BCUT2D eigenvalue weighted by Gasteiger charge is 2.31. The lowest BCUT2D eigenvalue weighted by atomic mass is 10.1. The van der Waals surface area contributed by atoms with Crippen LogP contribution in [0.5, 0.6) is 0 Å². The van der Waals surface area contributed by atoms with Gasteiger partial charge >= 0.3 is 12.1 Å². The quantitative estimate of drug-likeness (QED) is 0.769. The van der Waals surface area contributed by atoms with Gasteiger partial charge in [-0.1, -0.05) is 0 Å². The molecule has 0 bridgehead atoms. The summed E-state index contributed by atoms with van der Waals surface area (Å²) in [4.78, 5) is 28.3. The molecule has 26 heavy (non-hydrogen) atoms. The van der Waals surface area contributed by atoms with Gasteiger partial charge in [-0.2, -0.15) is 0 Å². The Balaban J connectivity index is 2.06. The predicted molar refractivity (Wildman–Crippen MR) is 102 cm³/mol. The minimum atomic E-state index is -0.493. The minimum Gasteiger partial charge on any atom is -0.462 e. The molecule has 0 spiro atoms. The van der Waals surface area contributed by atoms with Gasteiger partial charge in [0, 0.05) is 31.4 Å². The second-order valence-corrected chi connectivity index (χ2v) is 7.69. The lowest BCUT2D eigenvalue weighted by Gasteiger charge is -2.41. The highest BCUT2D eigenvalue weighted by atomic mass is 16.6. The van der Waals surface area contributed by atoms with E-state index in [9.17, 15) is 9.59 Å². The van der Waals surface area contributed by atoms with Crippen LogP contribution in [-0.2, 0) is 9.47 Å². The Labute approximate surface area is 156 Å². The van der Waals surface area contributed by atoms with Gasteiger partial charge in [0.05, 0.1) is 12.2 Å². The normalized spacial score (nSPS) is 17.8. The van der Waals surface area contributed by atoms with E-state index < -0.39 is 5.60 Å². The molecule has 6 nitrogen and oxygen atoms in total. The molecule has 1 fully saturated rings. The Morgan fingerprint density at radius 1 is 1.23 bits per heavy atom. The van der Waals surface area contributed by atoms with Crippen LogP contribution >= 0.6 is 0 Å². The number of benzene rings is 1. The molecule has 1 aliphatic heterocycles. The van der Waals surface area contributed by atoms with Gasteiger partial charge in [0.2, 0.25) is 0 Å². The Kier molecular flexibility index (Phi) is 6.16. The molecule has 1 amide bonds. The van der Waals surface area contributed by atoms with Crippen molar-refractivity contribution < 1.29 is 19.1 Å². The first-order valence-corrected chi connectivity index (χ1v) is 9.14. The van der Waals surface area contributed by atoms with Gasteiger partial charge in [-0.3, -0.25) is 0 Å². The van der Waals surface area contributed by atoms with E-state index in [1.54, 1.807) is 17.9 Å². The zero-order valence-corrected chi connectivity index (χ0v) is 16.7. The molecule has 0 aromatic heterocycles. The number of nitrogens with zero attached hydrogens (tertiary/aromatic N) is 2. The average molecular weight is 362 g/mol. The van der Waals surface area contributed by atoms with Crippen molar-refractivity contribution in [3.05, 3.63) is 29.3 Å². The first-order valence-electron chi connectivity index (χ1n) is 9.14. The fourth-order valence-corrected chi connectivity index (χ4v) is 3.12. The van der Waals surface area contributed by atoms with Gasteiger partial charge in [0.25, 0.3) is 0 Å². The van der Waals surface area contributed by atoms with Gasteiger partial charge < -0.3 is 19.3 Å². The summed E-state index contributed by atoms with van der Waals surface area (Å²) in [5, 5.41) is 0. The molecule has 6 heteroatoms. The molecule has 1 atom stereocenters. The molecule has 1 heterocycles. The molecule has 1 aliphatic rings. The number of carbonyl (C=O) groups is 2. The number of hydrogen-bond donors (Lipinski definition) is 0. The lowest BCUT2D eigenvalue weighted by Crippen LogP contribution is -2.55. The number of anilines is 1. The molecule has 144 valence electrons. The molecule has 2 rings (SSSR count). The Hall–Kier alpha value is -2.24. The molecule has 0 aliphatic carbocycles. The zero-order chi connectivity index (χ0) is 19.5. The molecule has 0 radical (unpaired) electrons. The lowest BCUT2D eigenvalue weighted by molar-refractivity contribution is 0.0158. The van der Waals surface area contributed by atoms with Crippen molar-refractivity contribution in [1.29, 1.82) is 0 Å². The molecular weight excluding hydrogens is 332 g/mol. The van der Waals surface area contributed by atoms with Crippen molar-refractivity contribution in [2.45, 2.75) is 53.2 Å². The maximum Gasteiger partial charge on any atom is 0.410 e. The fraction of sp³-hybridized carbons (Fsp3) is 0.600. The van der Waals surface area contributed by atoms with E-state index in [1.807, 2.05) is 46.8 Å². The second-order valence-electron chi connectivity index (χ2n) is 7.69. The second kappa shape index (κ2) is 7.98. The number of hydrogen-bond acceptors (Lipinski definition) is 5. The third kappa shape index (κ3) is 4.90. The minimum absolute atomic E-state index is 0.0442. The number of amides is 1. The summed E-state index contributed by atoms with van der Waals surface area (Å²) in [5.41, 5.74) is 2.17. The third-order valence-corrected chi connectivity index (χ3v) is 4.30. The highest BCUT2D eigenvalue weighted by Crippen LogP contribution is 2.25. The van der Waals surface area contributed by atoms with Crippen LogP contribution < -0.4 is 4.90 Å². The van der Waals surface area contributed by atoms with Gasteiger partial charge in [0.1, 0.15) is 5.60 Å². The molecule has 0 unspecified atom stereocenters. The van der Waals surface area contributed by atoms with E-state index >= 15 is 0 Å². The van der Waals surface area contributed by atoms with Crippen molar-refractivity contribution in [1.82, 2.24) is 4.90 Å². The summed E-state index contributed by atoms with van der Waals surface area (Å²) in [6.07, 6.45) is -0.265. The van der Waals surface area contributed by atoms with Crippen molar-refractivity contribution in [2.24, 2.45) is 0 Å². The predicted octanol–water partition coefficient (Wildman–Crippen LogP) is 3.62. The SMILES string of the molecule is CCOC(=O)c1ccc(N2CCN(C(=O)OC(C)(C)C)[C@H](C)C2)c(C)c1. The smallest absolute Gasteiger partial charge is 0.410 e. The number of piperazine rings is 1. The van der Waals surface area contributed by atoms with Crippen LogP contribution in [0.25, 0.3) is 0 Å². The van der Waals surface area contributed by atoms with E-state index in [1.165, 1.54) is 0 Å². The molecule has 1 aromatic rings. The van der Waals surface area contributed by atoms with Crippen LogP contribution in [0.2, 0.25) is 0 Å². The number of esters is 1. The van der Waals surface area contributed by atoms with Gasteiger partial charge in [-0.15, -0.1) is 0 Å². The third-order valence-electron chi connectivity index (χ3n) is 4.30. The Morgan fingerprint density at radius 2 is 1.92 bits per heavy atom. The summed E-state index contributed by atoms with van der Waals surface area (Å²) >= 11 is 0. The fourth-order valence-electron chi connectivity index (χ4n) is 3.12. The van der Waals surface area contributed by atoms with Crippen LogP contribution in [0.4, 0.5) is 10.5 Å². The summed E-state index contributed by atoms with van der Waals surface area (Å²) in [5.74, 6) is -0.301. The van der Waals surface area contributed by atoms with Crippen LogP contribution in [0.15, 0.2) is 18.2 Å². The zero-order valence-electron chi connectivity index (χ0n) is 16.7. The maximum atomic E-state index is 12.3. The number of aryl methyl sites for hydroxylation is 1. The molecule has 0 N–H and O–H groups in total. The van der Waals surface area contributed by atoms with E-state index in [-0.39, 0.29) is 18.1 Å². The Bertz CT molecular complexity index is 666. The van der Waals surface area contributed by atoms with Gasteiger partial charge in [0.15, 0.2) is 0 Å². The molecular formula is C20H30N2O4. The number of rotatable bonds is 3. The molecule has 1 saturated heterocycles. The van der Waals surface area contributed by atoms with Crippen LogP contribution in [-0.4, -0.2) is 54.8 Å². The standard InChI is InChI=1S/C20H30N2O4/c1-7-25-18(23)16-8-9-17(14(2)12-16)21-10-11-22(15(3)13-21)19(24)26-20(4,5)6/h8-9,12,15H,7,10-11,13H2,1-6H3/t15-/m1/s1. The summed E-state index contributed by atoms with van der Waals surface area (Å²) in [6, 6.07) is 5.66. The molecule has 1 aromatic carbocycles. The van der Waals surface area contributed by atoms with Crippen molar-refractivity contribution in [2.75, 3.05) is 31.1 Å². The summed E-state index contributed by atoms with van der Waals surface area (Å²) in [7, 11) is 0. The van der Waals surface area contributed by atoms with E-state index in [0.29, 0.717) is 18.7 Å². The van der Waals surface area contributed by atoms with Crippen LogP contribution in [0.3, 0.4) is 0 Å². The molecule has 0 saturated carbocycles. The Morgan fingerprint density at radius 3 is 2.46 bits per heavy atom. The van der Waals surface area contributed by atoms with Crippen LogP contribution in [0.1, 0.15) is 50.5 Å². The first kappa shape index (κ1) is 20.1. The van der Waals surface area contributed by atoms with E-state index in [4.69, 9.17) is 9.47 Å². The van der Waals surface area contributed by atoms with Crippen molar-refractivity contribution >= 4 is 17.7 Å². The summed E-state index contributed by atoms with van der Waals surface area (Å²) in [6.45, 7) is 13.9. The largest absolute Gasteiger partial charge is 0.462 e. The summed E-state index contributed by atoms with van der Waals surface area (Å²) < 4.78 is 10.5. The van der Waals surface area contributed by atoms with Gasteiger partial charge in [-0.05, 0) is 65.3 Å². The number of carbonyl (C=O) groups excluding carboxylic acids is 2. The van der Waals surface area contributed by atoms with Crippen LogP contribution in [0, 0.1) is 6.92 Å². The highest BCUT2D eigenvalue weighted by molar-refractivity contribution is 5.90. The van der Waals surface area contributed by atoms with Gasteiger partial charge in [-0.25, -0.2) is 9.59 Å². The van der Waals surface area contributed by atoms with Crippen molar-refractivity contribution in [3.63, 3.8) is 0 Å². The topological polar surface area (TPSA) is 59.1 Å². The average Bonchev–Trinajstić information content (AvgIpc) is 2.53. The first-order chi connectivity index (χ1) is 12.1. The monoisotopic (exact) mass is 362 g/mol.